The van der Waals surface area contributed by atoms with Crippen LogP contribution in [0.4, 0.5) is 0 Å². The van der Waals surface area contributed by atoms with E-state index < -0.39 is 17.2 Å². The minimum Gasteiger partial charge on any atom is -0.458 e. The molecule has 2 rings (SSSR count). The van der Waals surface area contributed by atoms with E-state index in [0.29, 0.717) is 6.42 Å². The van der Waals surface area contributed by atoms with Crippen LogP contribution in [0, 0.1) is 5.92 Å². The van der Waals surface area contributed by atoms with Crippen LogP contribution in [0.5, 0.6) is 0 Å². The Hall–Kier alpha value is -1.10. The lowest BCUT2D eigenvalue weighted by Gasteiger charge is -2.25. The van der Waals surface area contributed by atoms with Gasteiger partial charge in [0.2, 0.25) is 5.91 Å². The van der Waals surface area contributed by atoms with Crippen molar-refractivity contribution in [2.24, 2.45) is 11.7 Å². The molecule has 3 N–H and O–H groups in total. The summed E-state index contributed by atoms with van der Waals surface area (Å²) in [4.78, 5) is 23.8. The van der Waals surface area contributed by atoms with E-state index in [0.717, 1.165) is 12.8 Å². The summed E-state index contributed by atoms with van der Waals surface area (Å²) in [7, 11) is 0. The van der Waals surface area contributed by atoms with E-state index >= 15 is 0 Å². The van der Waals surface area contributed by atoms with Crippen LogP contribution in [0.2, 0.25) is 0 Å². The molecule has 1 aliphatic heterocycles. The van der Waals surface area contributed by atoms with Gasteiger partial charge in [0.05, 0.1) is 0 Å². The molecule has 1 amide bonds. The van der Waals surface area contributed by atoms with Crippen molar-refractivity contribution in [3.63, 3.8) is 0 Å². The van der Waals surface area contributed by atoms with Gasteiger partial charge in [-0.1, -0.05) is 6.42 Å². The molecule has 0 aromatic rings. The Balaban J connectivity index is 2.14. The fraction of sp³-hybridized carbons (Fsp3) is 0.833. The summed E-state index contributed by atoms with van der Waals surface area (Å²) in [6, 6.07) is -0.575. The Kier molecular flexibility index (Phi) is 2.69. The lowest BCUT2D eigenvalue weighted by molar-refractivity contribution is -0.158. The number of ether oxygens (including phenoxy) is 1. The van der Waals surface area contributed by atoms with Gasteiger partial charge in [0, 0.05) is 5.92 Å². The van der Waals surface area contributed by atoms with E-state index in [-0.39, 0.29) is 17.8 Å². The lowest BCUT2D eigenvalue weighted by Crippen LogP contribution is -2.48. The van der Waals surface area contributed by atoms with Gasteiger partial charge in [-0.05, 0) is 33.6 Å². The molecule has 0 bridgehead atoms. The third-order valence-electron chi connectivity index (χ3n) is 3.54. The molecule has 1 saturated heterocycles. The second kappa shape index (κ2) is 3.70. The molecule has 1 heterocycles. The molecule has 5 heteroatoms. The summed E-state index contributed by atoms with van der Waals surface area (Å²) in [5.74, 6) is -0.703. The van der Waals surface area contributed by atoms with Gasteiger partial charge < -0.3 is 15.8 Å². The molecule has 0 aromatic heterocycles. The van der Waals surface area contributed by atoms with Gasteiger partial charge in [-0.15, -0.1) is 0 Å². The van der Waals surface area contributed by atoms with Gasteiger partial charge >= 0.3 is 5.97 Å². The van der Waals surface area contributed by atoms with Crippen molar-refractivity contribution in [2.75, 3.05) is 0 Å². The molecular formula is C12H20N2O3. The molecule has 1 saturated carbocycles. The maximum atomic E-state index is 12.0. The highest BCUT2D eigenvalue weighted by molar-refractivity contribution is 5.96. The van der Waals surface area contributed by atoms with Crippen LogP contribution in [-0.4, -0.2) is 29.1 Å². The molecule has 0 unspecified atom stereocenters. The fourth-order valence-electron chi connectivity index (χ4n) is 2.77. The van der Waals surface area contributed by atoms with Gasteiger partial charge in [0.25, 0.3) is 0 Å². The normalized spacial score (nSPS) is 36.6. The van der Waals surface area contributed by atoms with Crippen molar-refractivity contribution in [2.45, 2.75) is 57.2 Å². The first-order chi connectivity index (χ1) is 7.74. The van der Waals surface area contributed by atoms with Crippen LogP contribution < -0.4 is 11.1 Å². The van der Waals surface area contributed by atoms with Crippen LogP contribution in [0.25, 0.3) is 0 Å². The van der Waals surface area contributed by atoms with Gasteiger partial charge in [-0.3, -0.25) is 4.79 Å². The van der Waals surface area contributed by atoms with Crippen molar-refractivity contribution in [1.29, 1.82) is 0 Å². The molecule has 0 radical (unpaired) electrons. The maximum absolute atomic E-state index is 12.0. The minimum absolute atomic E-state index is 0.121. The van der Waals surface area contributed by atoms with Gasteiger partial charge in [-0.2, -0.15) is 0 Å². The largest absolute Gasteiger partial charge is 0.458 e. The first-order valence-corrected chi connectivity index (χ1v) is 6.07. The predicted molar refractivity (Wildman–Crippen MR) is 62.0 cm³/mol. The van der Waals surface area contributed by atoms with E-state index in [2.05, 4.69) is 5.32 Å². The highest BCUT2D eigenvalue weighted by Crippen LogP contribution is 2.40. The Bertz CT molecular complexity index is 361. The van der Waals surface area contributed by atoms with E-state index in [1.807, 2.05) is 20.8 Å². The van der Waals surface area contributed by atoms with Crippen LogP contribution in [0.1, 0.15) is 40.0 Å². The van der Waals surface area contributed by atoms with Crippen molar-refractivity contribution >= 4 is 11.9 Å². The average Bonchev–Trinajstić information content (AvgIpc) is 2.63. The number of hydrogen-bond acceptors (Lipinski definition) is 4. The number of nitrogens with two attached hydrogens (primary N) is 1. The highest BCUT2D eigenvalue weighted by atomic mass is 16.6. The first kappa shape index (κ1) is 12.4. The molecule has 2 fully saturated rings. The van der Waals surface area contributed by atoms with Crippen molar-refractivity contribution in [3.05, 3.63) is 0 Å². The van der Waals surface area contributed by atoms with Crippen LogP contribution in [0.3, 0.4) is 0 Å². The summed E-state index contributed by atoms with van der Waals surface area (Å²) >= 11 is 0. The zero-order valence-electron chi connectivity index (χ0n) is 10.6. The number of nitrogens with one attached hydrogen (secondary N) is 1. The Morgan fingerprint density at radius 1 is 1.53 bits per heavy atom. The minimum atomic E-state index is -0.860. The van der Waals surface area contributed by atoms with Gasteiger partial charge in [-0.25, -0.2) is 4.79 Å². The lowest BCUT2D eigenvalue weighted by atomic mass is 9.87. The van der Waals surface area contributed by atoms with Crippen molar-refractivity contribution in [3.8, 4) is 0 Å². The third-order valence-corrected chi connectivity index (χ3v) is 3.54. The standard InChI is InChI=1S/C12H20N2O3/c1-11(2,3)17-9(15)8-7-5-4-6-12(7,13)10(16)14-8/h7-8H,4-6,13H2,1-3H3,(H,14,16)/t7-,8+,12+/m1/s1. The van der Waals surface area contributed by atoms with Crippen LogP contribution in [-0.2, 0) is 14.3 Å². The molecule has 0 spiro atoms. The third kappa shape index (κ3) is 2.04. The molecule has 0 aromatic carbocycles. The molecule has 1 aliphatic carbocycles. The predicted octanol–water partition coefficient (Wildman–Crippen LogP) is 0.324. The Morgan fingerprint density at radius 2 is 2.18 bits per heavy atom. The number of carbonyl (C=O) groups excluding carboxylic acids is 2. The SMILES string of the molecule is CC(C)(C)OC(=O)[C@H]1NC(=O)[C@]2(N)CCC[C@H]12. The molecule has 2 aliphatic rings. The summed E-state index contributed by atoms with van der Waals surface area (Å²) in [5, 5.41) is 2.68. The molecule has 3 atom stereocenters. The summed E-state index contributed by atoms with van der Waals surface area (Å²) in [6.45, 7) is 5.43. The van der Waals surface area contributed by atoms with E-state index in [9.17, 15) is 9.59 Å². The molecule has 5 nitrogen and oxygen atoms in total. The number of fused-ring (bicyclic) bond motifs is 1. The second-order valence-corrected chi connectivity index (χ2v) is 6.02. The van der Waals surface area contributed by atoms with E-state index in [1.54, 1.807) is 0 Å². The fourth-order valence-corrected chi connectivity index (χ4v) is 2.77. The summed E-state index contributed by atoms with van der Waals surface area (Å²) in [6.07, 6.45) is 2.36. The number of amides is 1. The van der Waals surface area contributed by atoms with Crippen molar-refractivity contribution in [1.82, 2.24) is 5.32 Å². The van der Waals surface area contributed by atoms with Crippen LogP contribution >= 0.6 is 0 Å². The number of carbonyl (C=O) groups is 2. The highest BCUT2D eigenvalue weighted by Gasteiger charge is 2.57. The zero-order valence-corrected chi connectivity index (χ0v) is 10.6. The maximum Gasteiger partial charge on any atom is 0.329 e. The quantitative estimate of drug-likeness (QED) is 0.647. The smallest absolute Gasteiger partial charge is 0.329 e. The first-order valence-electron chi connectivity index (χ1n) is 6.07. The Labute approximate surface area is 101 Å². The topological polar surface area (TPSA) is 81.4 Å². The average molecular weight is 240 g/mol. The van der Waals surface area contributed by atoms with Crippen LogP contribution in [0.15, 0.2) is 0 Å². The van der Waals surface area contributed by atoms with Gasteiger partial charge in [0.15, 0.2) is 0 Å². The molecule has 17 heavy (non-hydrogen) atoms. The van der Waals surface area contributed by atoms with Gasteiger partial charge in [0.1, 0.15) is 17.2 Å². The van der Waals surface area contributed by atoms with Crippen molar-refractivity contribution < 1.29 is 14.3 Å². The van der Waals surface area contributed by atoms with E-state index in [1.165, 1.54) is 0 Å². The zero-order chi connectivity index (χ0) is 12.8. The molecule has 96 valence electrons. The number of hydrogen-bond donors (Lipinski definition) is 2. The number of rotatable bonds is 1. The Morgan fingerprint density at radius 3 is 2.76 bits per heavy atom. The second-order valence-electron chi connectivity index (χ2n) is 6.02. The van der Waals surface area contributed by atoms with E-state index in [4.69, 9.17) is 10.5 Å². The summed E-state index contributed by atoms with van der Waals surface area (Å²) < 4.78 is 5.31. The monoisotopic (exact) mass is 240 g/mol. The molecular weight excluding hydrogens is 220 g/mol. The summed E-state index contributed by atoms with van der Waals surface area (Å²) in [5.41, 5.74) is 4.68. The number of esters is 1.